The number of nitrogens with zero attached hydrogens (tertiary/aromatic N) is 2. The van der Waals surface area contributed by atoms with Gasteiger partial charge in [-0.1, -0.05) is 13.3 Å². The maximum Gasteiger partial charge on any atom is 0.0524 e. The van der Waals surface area contributed by atoms with Crippen LogP contribution in [0.2, 0.25) is 0 Å². The molecule has 3 atom stereocenters. The maximum atomic E-state index is 4.43. The molecule has 1 aliphatic carbocycles. The zero-order valence-corrected chi connectivity index (χ0v) is 11.3. The van der Waals surface area contributed by atoms with Crippen LogP contribution >= 0.6 is 0 Å². The minimum absolute atomic E-state index is 0.700. The Morgan fingerprint density at radius 2 is 2.29 bits per heavy atom. The summed E-state index contributed by atoms with van der Waals surface area (Å²) in [6, 6.07) is 0. The molecule has 0 aromatic carbocycles. The van der Waals surface area contributed by atoms with E-state index >= 15 is 0 Å². The van der Waals surface area contributed by atoms with Crippen molar-refractivity contribution in [1.29, 1.82) is 0 Å². The molecule has 0 aliphatic heterocycles. The second-order valence-electron chi connectivity index (χ2n) is 5.47. The molecule has 1 heterocycles. The fourth-order valence-corrected chi connectivity index (χ4v) is 3.10. The first-order valence-electron chi connectivity index (χ1n) is 6.91. The normalized spacial score (nSPS) is 29.5. The highest BCUT2D eigenvalue weighted by Gasteiger charge is 2.30. The van der Waals surface area contributed by atoms with Crippen molar-refractivity contribution in [3.8, 4) is 0 Å². The van der Waals surface area contributed by atoms with Gasteiger partial charge in [-0.3, -0.25) is 4.68 Å². The SMILES string of the molecule is CCn1cc(C2CC(C)CCC2CNC)cn1. The molecule has 1 aliphatic rings. The Morgan fingerprint density at radius 3 is 2.94 bits per heavy atom. The van der Waals surface area contributed by atoms with Crippen molar-refractivity contribution in [3.63, 3.8) is 0 Å². The number of hydrogen-bond acceptors (Lipinski definition) is 2. The Balaban J connectivity index is 2.13. The molecule has 1 fully saturated rings. The summed E-state index contributed by atoms with van der Waals surface area (Å²) in [4.78, 5) is 0. The van der Waals surface area contributed by atoms with Crippen LogP contribution in [0.15, 0.2) is 12.4 Å². The van der Waals surface area contributed by atoms with Gasteiger partial charge in [-0.2, -0.15) is 5.10 Å². The molecule has 1 aromatic heterocycles. The highest BCUT2D eigenvalue weighted by molar-refractivity contribution is 5.14. The molecule has 1 saturated carbocycles. The van der Waals surface area contributed by atoms with Crippen LogP contribution in [0.4, 0.5) is 0 Å². The molecule has 3 heteroatoms. The van der Waals surface area contributed by atoms with Crippen LogP contribution in [0, 0.1) is 11.8 Å². The number of aromatic nitrogens is 2. The first kappa shape index (κ1) is 12.6. The van der Waals surface area contributed by atoms with E-state index in [1.54, 1.807) is 0 Å². The second kappa shape index (κ2) is 5.67. The average Bonchev–Trinajstić information content (AvgIpc) is 2.80. The topological polar surface area (TPSA) is 29.9 Å². The van der Waals surface area contributed by atoms with Crippen molar-refractivity contribution in [3.05, 3.63) is 18.0 Å². The van der Waals surface area contributed by atoms with Crippen LogP contribution < -0.4 is 5.32 Å². The van der Waals surface area contributed by atoms with Gasteiger partial charge in [0.05, 0.1) is 6.20 Å². The molecule has 0 saturated heterocycles. The number of rotatable bonds is 4. The second-order valence-corrected chi connectivity index (χ2v) is 5.47. The van der Waals surface area contributed by atoms with Gasteiger partial charge >= 0.3 is 0 Å². The van der Waals surface area contributed by atoms with E-state index in [1.165, 1.54) is 24.8 Å². The van der Waals surface area contributed by atoms with E-state index in [1.807, 2.05) is 4.68 Å². The van der Waals surface area contributed by atoms with Crippen molar-refractivity contribution in [2.24, 2.45) is 11.8 Å². The van der Waals surface area contributed by atoms with E-state index in [0.717, 1.165) is 24.9 Å². The van der Waals surface area contributed by atoms with Crippen LogP contribution in [-0.4, -0.2) is 23.4 Å². The summed E-state index contributed by atoms with van der Waals surface area (Å²) in [7, 11) is 2.06. The zero-order chi connectivity index (χ0) is 12.3. The first-order valence-corrected chi connectivity index (χ1v) is 6.91. The molecule has 1 N–H and O–H groups in total. The van der Waals surface area contributed by atoms with Crippen LogP contribution in [0.3, 0.4) is 0 Å². The summed E-state index contributed by atoms with van der Waals surface area (Å²) in [5.41, 5.74) is 1.44. The van der Waals surface area contributed by atoms with Gasteiger partial charge in [0.25, 0.3) is 0 Å². The molecule has 0 bridgehead atoms. The zero-order valence-electron chi connectivity index (χ0n) is 11.3. The predicted octanol–water partition coefficient (Wildman–Crippen LogP) is 2.64. The first-order chi connectivity index (χ1) is 8.24. The van der Waals surface area contributed by atoms with E-state index in [-0.39, 0.29) is 0 Å². The van der Waals surface area contributed by atoms with Crippen LogP contribution in [0.25, 0.3) is 0 Å². The largest absolute Gasteiger partial charge is 0.319 e. The van der Waals surface area contributed by atoms with Gasteiger partial charge in [-0.25, -0.2) is 0 Å². The Bertz CT molecular complexity index is 345. The van der Waals surface area contributed by atoms with Gasteiger partial charge in [-0.15, -0.1) is 0 Å². The lowest BCUT2D eigenvalue weighted by atomic mass is 9.72. The van der Waals surface area contributed by atoms with E-state index in [2.05, 4.69) is 43.7 Å². The van der Waals surface area contributed by atoms with Gasteiger partial charge in [0.1, 0.15) is 0 Å². The Hall–Kier alpha value is -0.830. The van der Waals surface area contributed by atoms with Crippen molar-refractivity contribution >= 4 is 0 Å². The van der Waals surface area contributed by atoms with E-state index in [0.29, 0.717) is 5.92 Å². The maximum absolute atomic E-state index is 4.43. The third-order valence-electron chi connectivity index (χ3n) is 4.13. The van der Waals surface area contributed by atoms with Gasteiger partial charge in [-0.05, 0) is 56.7 Å². The van der Waals surface area contributed by atoms with Crippen LogP contribution in [-0.2, 0) is 6.54 Å². The van der Waals surface area contributed by atoms with E-state index in [9.17, 15) is 0 Å². The van der Waals surface area contributed by atoms with Crippen molar-refractivity contribution in [2.75, 3.05) is 13.6 Å². The number of hydrogen-bond donors (Lipinski definition) is 1. The lowest BCUT2D eigenvalue weighted by Gasteiger charge is -2.34. The highest BCUT2D eigenvalue weighted by Crippen LogP contribution is 2.39. The number of aryl methyl sites for hydroxylation is 1. The summed E-state index contributed by atoms with van der Waals surface area (Å²) in [6.07, 6.45) is 8.37. The predicted molar refractivity (Wildman–Crippen MR) is 71.1 cm³/mol. The average molecular weight is 235 g/mol. The molecule has 0 spiro atoms. The standard InChI is InChI=1S/C14H25N3/c1-4-17-10-13(9-16-17)14-7-11(2)5-6-12(14)8-15-3/h9-12,14-15H,4-8H2,1-3H3. The molecule has 0 amide bonds. The lowest BCUT2D eigenvalue weighted by molar-refractivity contribution is 0.245. The third-order valence-corrected chi connectivity index (χ3v) is 4.13. The summed E-state index contributed by atoms with van der Waals surface area (Å²) < 4.78 is 2.05. The van der Waals surface area contributed by atoms with Gasteiger partial charge in [0.15, 0.2) is 0 Å². The molecule has 1 aromatic rings. The van der Waals surface area contributed by atoms with Crippen molar-refractivity contribution < 1.29 is 0 Å². The van der Waals surface area contributed by atoms with Crippen LogP contribution in [0.1, 0.15) is 44.6 Å². The molecule has 0 radical (unpaired) electrons. The summed E-state index contributed by atoms with van der Waals surface area (Å²) in [5, 5.41) is 7.77. The highest BCUT2D eigenvalue weighted by atomic mass is 15.3. The number of nitrogens with one attached hydrogen (secondary N) is 1. The van der Waals surface area contributed by atoms with Gasteiger partial charge in [0.2, 0.25) is 0 Å². The lowest BCUT2D eigenvalue weighted by Crippen LogP contribution is -2.29. The fourth-order valence-electron chi connectivity index (χ4n) is 3.10. The fraction of sp³-hybridized carbons (Fsp3) is 0.786. The van der Waals surface area contributed by atoms with Crippen molar-refractivity contribution in [1.82, 2.24) is 15.1 Å². The Kier molecular flexibility index (Phi) is 4.21. The van der Waals surface area contributed by atoms with E-state index in [4.69, 9.17) is 0 Å². The summed E-state index contributed by atoms with van der Waals surface area (Å²) in [6.45, 7) is 6.63. The molecular formula is C14H25N3. The van der Waals surface area contributed by atoms with Gasteiger partial charge < -0.3 is 5.32 Å². The quantitative estimate of drug-likeness (QED) is 0.869. The Labute approximate surface area is 105 Å². The third kappa shape index (κ3) is 2.89. The molecular weight excluding hydrogens is 210 g/mol. The minimum atomic E-state index is 0.700. The molecule has 17 heavy (non-hydrogen) atoms. The monoisotopic (exact) mass is 235 g/mol. The van der Waals surface area contributed by atoms with E-state index < -0.39 is 0 Å². The summed E-state index contributed by atoms with van der Waals surface area (Å²) >= 11 is 0. The molecule has 2 rings (SSSR count). The molecule has 3 nitrogen and oxygen atoms in total. The smallest absolute Gasteiger partial charge is 0.0524 e. The Morgan fingerprint density at radius 1 is 1.47 bits per heavy atom. The van der Waals surface area contributed by atoms with Gasteiger partial charge in [0, 0.05) is 12.7 Å². The minimum Gasteiger partial charge on any atom is -0.319 e. The van der Waals surface area contributed by atoms with Crippen molar-refractivity contribution in [2.45, 2.75) is 45.6 Å². The summed E-state index contributed by atoms with van der Waals surface area (Å²) in [5.74, 6) is 2.34. The molecule has 3 unspecified atom stereocenters. The van der Waals surface area contributed by atoms with Crippen LogP contribution in [0.5, 0.6) is 0 Å². The molecule has 96 valence electrons.